The fourth-order valence-corrected chi connectivity index (χ4v) is 2.81. The van der Waals surface area contributed by atoms with Crippen LogP contribution in [0.25, 0.3) is 0 Å². The van der Waals surface area contributed by atoms with Gasteiger partial charge in [-0.15, -0.1) is 0 Å². The van der Waals surface area contributed by atoms with Gasteiger partial charge in [-0.1, -0.05) is 6.07 Å². The maximum Gasteiger partial charge on any atom is 0.416 e. The number of aliphatic hydroxyl groups is 1. The number of nitrogens with one attached hydrogen (secondary N) is 1. The maximum atomic E-state index is 12.7. The van der Waals surface area contributed by atoms with Gasteiger partial charge in [-0.25, -0.2) is 0 Å². The second kappa shape index (κ2) is 7.31. The molecule has 2 N–H and O–H groups in total. The molecular formula is C16H21F3N2O2. The average molecular weight is 330 g/mol. The summed E-state index contributed by atoms with van der Waals surface area (Å²) in [6.07, 6.45) is -3.04. The molecule has 1 aromatic rings. The molecule has 2 rings (SSSR count). The Morgan fingerprint density at radius 1 is 1.48 bits per heavy atom. The van der Waals surface area contributed by atoms with E-state index in [-0.39, 0.29) is 24.1 Å². The number of alkyl halides is 3. The number of anilines is 1. The summed E-state index contributed by atoms with van der Waals surface area (Å²) in [6, 6.07) is 4.59. The van der Waals surface area contributed by atoms with E-state index in [1.807, 2.05) is 4.90 Å². The smallest absolute Gasteiger partial charge is 0.393 e. The summed E-state index contributed by atoms with van der Waals surface area (Å²) in [5, 5.41) is 12.1. The first-order chi connectivity index (χ1) is 10.8. The Balaban J connectivity index is 1.92. The standard InChI is InChI=1S/C16H21F3N2O2/c1-11(22)12-4-3-7-21(9-12)10-15(23)20-14-6-2-5-13(8-14)16(17,18)19/h2,5-6,8,11-12,22H,3-4,7,9-10H2,1H3,(H,20,23). The molecule has 0 bridgehead atoms. The third-order valence-corrected chi connectivity index (χ3v) is 4.07. The molecule has 0 saturated carbocycles. The number of benzene rings is 1. The Morgan fingerprint density at radius 2 is 2.22 bits per heavy atom. The van der Waals surface area contributed by atoms with Crippen molar-refractivity contribution in [1.29, 1.82) is 0 Å². The van der Waals surface area contributed by atoms with Crippen molar-refractivity contribution in [3.05, 3.63) is 29.8 Å². The molecule has 23 heavy (non-hydrogen) atoms. The fraction of sp³-hybridized carbons (Fsp3) is 0.562. The van der Waals surface area contributed by atoms with Crippen LogP contribution in [0.2, 0.25) is 0 Å². The Bertz CT molecular complexity index is 546. The first-order valence-corrected chi connectivity index (χ1v) is 7.63. The first kappa shape index (κ1) is 17.7. The maximum absolute atomic E-state index is 12.7. The molecule has 1 aliphatic heterocycles. The second-order valence-corrected chi connectivity index (χ2v) is 6.00. The molecule has 0 aromatic heterocycles. The van der Waals surface area contributed by atoms with Crippen molar-refractivity contribution in [2.45, 2.75) is 32.0 Å². The van der Waals surface area contributed by atoms with Crippen LogP contribution < -0.4 is 5.32 Å². The topological polar surface area (TPSA) is 52.6 Å². The Labute approximate surface area is 133 Å². The predicted octanol–water partition coefficient (Wildman–Crippen LogP) is 2.74. The highest BCUT2D eigenvalue weighted by atomic mass is 19.4. The van der Waals surface area contributed by atoms with Gasteiger partial charge in [-0.05, 0) is 50.4 Å². The molecule has 1 aromatic carbocycles. The number of nitrogens with zero attached hydrogens (tertiary/aromatic N) is 1. The highest BCUT2D eigenvalue weighted by molar-refractivity contribution is 5.92. The van der Waals surface area contributed by atoms with Crippen LogP contribution in [0.1, 0.15) is 25.3 Å². The number of hydrogen-bond acceptors (Lipinski definition) is 3. The number of piperidine rings is 1. The number of rotatable bonds is 4. The molecule has 1 saturated heterocycles. The van der Waals surface area contributed by atoms with Gasteiger partial charge >= 0.3 is 6.18 Å². The summed E-state index contributed by atoms with van der Waals surface area (Å²) in [6.45, 7) is 3.21. The minimum Gasteiger partial charge on any atom is -0.393 e. The largest absolute Gasteiger partial charge is 0.416 e. The second-order valence-electron chi connectivity index (χ2n) is 6.00. The molecule has 4 nitrogen and oxygen atoms in total. The molecule has 0 aliphatic carbocycles. The van der Waals surface area contributed by atoms with Crippen molar-refractivity contribution in [1.82, 2.24) is 4.90 Å². The lowest BCUT2D eigenvalue weighted by Gasteiger charge is -2.33. The van der Waals surface area contributed by atoms with Crippen molar-refractivity contribution >= 4 is 11.6 Å². The monoisotopic (exact) mass is 330 g/mol. The van der Waals surface area contributed by atoms with Crippen molar-refractivity contribution < 1.29 is 23.1 Å². The van der Waals surface area contributed by atoms with Crippen molar-refractivity contribution in [2.75, 3.05) is 25.0 Å². The number of likely N-dealkylation sites (tertiary alicyclic amines) is 1. The summed E-state index contributed by atoms with van der Waals surface area (Å²) in [4.78, 5) is 13.9. The molecule has 0 spiro atoms. The SMILES string of the molecule is CC(O)C1CCCN(CC(=O)Nc2cccc(C(F)(F)F)c2)C1. The summed E-state index contributed by atoms with van der Waals surface area (Å²) >= 11 is 0. The van der Waals surface area contributed by atoms with Crippen LogP contribution in [0.15, 0.2) is 24.3 Å². The van der Waals surface area contributed by atoms with Gasteiger partial charge in [0.25, 0.3) is 0 Å². The Hall–Kier alpha value is -1.60. The Kier molecular flexibility index (Phi) is 5.64. The lowest BCUT2D eigenvalue weighted by atomic mass is 9.93. The fourth-order valence-electron chi connectivity index (χ4n) is 2.81. The molecule has 1 fully saturated rings. The predicted molar refractivity (Wildman–Crippen MR) is 80.9 cm³/mol. The van der Waals surface area contributed by atoms with Crippen LogP contribution in [0, 0.1) is 5.92 Å². The van der Waals surface area contributed by atoms with E-state index in [1.165, 1.54) is 12.1 Å². The number of carbonyl (C=O) groups excluding carboxylic acids is 1. The zero-order valence-electron chi connectivity index (χ0n) is 12.9. The lowest BCUT2D eigenvalue weighted by molar-refractivity contribution is -0.137. The van der Waals surface area contributed by atoms with Crippen LogP contribution in [-0.4, -0.2) is 41.7 Å². The van der Waals surface area contributed by atoms with E-state index in [4.69, 9.17) is 0 Å². The van der Waals surface area contributed by atoms with E-state index in [9.17, 15) is 23.1 Å². The van der Waals surface area contributed by atoms with E-state index >= 15 is 0 Å². The van der Waals surface area contributed by atoms with Crippen LogP contribution in [-0.2, 0) is 11.0 Å². The molecule has 2 unspecified atom stereocenters. The average Bonchev–Trinajstić information content (AvgIpc) is 2.46. The van der Waals surface area contributed by atoms with Crippen molar-refractivity contribution in [3.63, 3.8) is 0 Å². The number of hydrogen-bond donors (Lipinski definition) is 2. The van der Waals surface area contributed by atoms with Gasteiger partial charge < -0.3 is 10.4 Å². The molecule has 1 aliphatic rings. The number of carbonyl (C=O) groups is 1. The van der Waals surface area contributed by atoms with E-state index in [0.717, 1.165) is 31.5 Å². The van der Waals surface area contributed by atoms with E-state index < -0.39 is 17.8 Å². The van der Waals surface area contributed by atoms with Gasteiger partial charge in [0.05, 0.1) is 18.2 Å². The van der Waals surface area contributed by atoms with Gasteiger partial charge in [0, 0.05) is 12.2 Å². The van der Waals surface area contributed by atoms with Gasteiger partial charge in [-0.2, -0.15) is 13.2 Å². The number of amides is 1. The zero-order chi connectivity index (χ0) is 17.0. The van der Waals surface area contributed by atoms with E-state index in [2.05, 4.69) is 5.32 Å². The van der Waals surface area contributed by atoms with E-state index in [0.29, 0.717) is 6.54 Å². The molecule has 0 radical (unpaired) electrons. The third kappa shape index (κ3) is 5.21. The van der Waals surface area contributed by atoms with E-state index in [1.54, 1.807) is 6.92 Å². The summed E-state index contributed by atoms with van der Waals surface area (Å²) in [5.74, 6) is -0.222. The van der Waals surface area contributed by atoms with Crippen LogP contribution in [0.5, 0.6) is 0 Å². The van der Waals surface area contributed by atoms with Gasteiger partial charge in [0.2, 0.25) is 5.91 Å². The van der Waals surface area contributed by atoms with Gasteiger partial charge in [-0.3, -0.25) is 9.69 Å². The van der Waals surface area contributed by atoms with Crippen molar-refractivity contribution in [3.8, 4) is 0 Å². The molecule has 1 amide bonds. The summed E-state index contributed by atoms with van der Waals surface area (Å²) in [7, 11) is 0. The zero-order valence-corrected chi connectivity index (χ0v) is 12.9. The van der Waals surface area contributed by atoms with Gasteiger partial charge in [0.15, 0.2) is 0 Å². The van der Waals surface area contributed by atoms with Crippen LogP contribution in [0.3, 0.4) is 0 Å². The quantitative estimate of drug-likeness (QED) is 0.892. The number of halogens is 3. The van der Waals surface area contributed by atoms with Crippen LogP contribution >= 0.6 is 0 Å². The highest BCUT2D eigenvalue weighted by Crippen LogP contribution is 2.30. The molecule has 7 heteroatoms. The third-order valence-electron chi connectivity index (χ3n) is 4.07. The van der Waals surface area contributed by atoms with Gasteiger partial charge in [0.1, 0.15) is 0 Å². The van der Waals surface area contributed by atoms with Crippen molar-refractivity contribution in [2.24, 2.45) is 5.92 Å². The van der Waals surface area contributed by atoms with Crippen LogP contribution in [0.4, 0.5) is 18.9 Å². The molecule has 1 heterocycles. The minimum atomic E-state index is -4.43. The normalized spacial score (nSPS) is 21.0. The summed E-state index contributed by atoms with van der Waals surface area (Å²) < 4.78 is 38.0. The summed E-state index contributed by atoms with van der Waals surface area (Å²) in [5.41, 5.74) is -0.656. The first-order valence-electron chi connectivity index (χ1n) is 7.63. The highest BCUT2D eigenvalue weighted by Gasteiger charge is 2.30. The Morgan fingerprint density at radius 3 is 2.87 bits per heavy atom. The molecular weight excluding hydrogens is 309 g/mol. The molecule has 2 atom stereocenters. The minimum absolute atomic E-state index is 0.111. The molecule has 128 valence electrons. The number of aliphatic hydroxyl groups excluding tert-OH is 1. The lowest BCUT2D eigenvalue weighted by Crippen LogP contribution is -2.43.